The van der Waals surface area contributed by atoms with Crippen LogP contribution in [0.15, 0.2) is 24.3 Å². The van der Waals surface area contributed by atoms with E-state index in [2.05, 4.69) is 19.2 Å². The highest BCUT2D eigenvalue weighted by molar-refractivity contribution is 5.95. The van der Waals surface area contributed by atoms with Gasteiger partial charge in [0, 0.05) is 37.5 Å². The van der Waals surface area contributed by atoms with E-state index in [0.29, 0.717) is 11.8 Å². The first-order valence-corrected chi connectivity index (χ1v) is 8.88. The molecule has 1 saturated heterocycles. The van der Waals surface area contributed by atoms with Crippen molar-refractivity contribution in [2.75, 3.05) is 31.6 Å². The van der Waals surface area contributed by atoms with E-state index < -0.39 is 0 Å². The van der Waals surface area contributed by atoms with Gasteiger partial charge in [-0.2, -0.15) is 0 Å². The molecule has 2 N–H and O–H groups in total. The van der Waals surface area contributed by atoms with Gasteiger partial charge in [-0.3, -0.25) is 4.79 Å². The number of hydrogen-bond donors (Lipinski definition) is 2. The SMILES string of the molecule is CCCC(C)CNc1cccc(C(=O)N2CCC(CO)CC2)c1. The van der Waals surface area contributed by atoms with Crippen molar-refractivity contribution >= 4 is 11.6 Å². The molecule has 23 heavy (non-hydrogen) atoms. The Bertz CT molecular complexity index is 496. The summed E-state index contributed by atoms with van der Waals surface area (Å²) in [5, 5.41) is 12.6. The normalized spacial score (nSPS) is 17.1. The van der Waals surface area contributed by atoms with E-state index in [1.807, 2.05) is 29.2 Å². The van der Waals surface area contributed by atoms with Crippen molar-refractivity contribution in [3.8, 4) is 0 Å². The van der Waals surface area contributed by atoms with Crippen LogP contribution in [0, 0.1) is 11.8 Å². The summed E-state index contributed by atoms with van der Waals surface area (Å²) in [7, 11) is 0. The summed E-state index contributed by atoms with van der Waals surface area (Å²) in [6.45, 7) is 7.11. The molecule has 0 saturated carbocycles. The molecule has 0 aliphatic carbocycles. The van der Waals surface area contributed by atoms with E-state index >= 15 is 0 Å². The fourth-order valence-corrected chi connectivity index (χ4v) is 3.15. The molecule has 1 atom stereocenters. The largest absolute Gasteiger partial charge is 0.396 e. The number of anilines is 1. The molecule has 1 unspecified atom stereocenters. The number of benzene rings is 1. The van der Waals surface area contributed by atoms with Gasteiger partial charge in [0.15, 0.2) is 0 Å². The molecule has 1 amide bonds. The van der Waals surface area contributed by atoms with Crippen LogP contribution < -0.4 is 5.32 Å². The highest BCUT2D eigenvalue weighted by atomic mass is 16.3. The van der Waals surface area contributed by atoms with Gasteiger partial charge in [0.25, 0.3) is 5.91 Å². The highest BCUT2D eigenvalue weighted by Gasteiger charge is 2.23. The Labute approximate surface area is 139 Å². The van der Waals surface area contributed by atoms with Crippen LogP contribution >= 0.6 is 0 Å². The van der Waals surface area contributed by atoms with E-state index in [1.165, 1.54) is 12.8 Å². The third-order valence-corrected chi connectivity index (χ3v) is 4.71. The minimum atomic E-state index is 0.103. The number of nitrogens with one attached hydrogen (secondary N) is 1. The van der Waals surface area contributed by atoms with Crippen molar-refractivity contribution < 1.29 is 9.90 Å². The zero-order valence-electron chi connectivity index (χ0n) is 14.4. The molecule has 0 aromatic heterocycles. The first-order valence-electron chi connectivity index (χ1n) is 8.88. The first kappa shape index (κ1) is 17.8. The van der Waals surface area contributed by atoms with E-state index in [9.17, 15) is 9.90 Å². The van der Waals surface area contributed by atoms with E-state index in [-0.39, 0.29) is 12.5 Å². The molecular weight excluding hydrogens is 288 g/mol. The summed E-state index contributed by atoms with van der Waals surface area (Å²) in [6, 6.07) is 7.81. The number of nitrogens with zero attached hydrogens (tertiary/aromatic N) is 1. The van der Waals surface area contributed by atoms with Gasteiger partial charge in [-0.15, -0.1) is 0 Å². The second-order valence-electron chi connectivity index (χ2n) is 6.77. The number of rotatable bonds is 7. The Hall–Kier alpha value is -1.55. The first-order chi connectivity index (χ1) is 11.1. The van der Waals surface area contributed by atoms with Crippen LogP contribution in [0.5, 0.6) is 0 Å². The standard InChI is InChI=1S/C19H30N2O2/c1-3-5-15(2)13-20-18-7-4-6-17(12-18)19(23)21-10-8-16(14-22)9-11-21/h4,6-7,12,15-16,20,22H,3,5,8-11,13-14H2,1-2H3. The Balaban J connectivity index is 1.92. The van der Waals surface area contributed by atoms with Crippen molar-refractivity contribution in [3.63, 3.8) is 0 Å². The molecule has 1 aromatic rings. The van der Waals surface area contributed by atoms with Crippen LogP contribution in [-0.2, 0) is 0 Å². The highest BCUT2D eigenvalue weighted by Crippen LogP contribution is 2.20. The Kier molecular flexibility index (Phi) is 6.90. The second-order valence-corrected chi connectivity index (χ2v) is 6.77. The summed E-state index contributed by atoms with van der Waals surface area (Å²) in [4.78, 5) is 14.5. The number of piperidine rings is 1. The molecular formula is C19H30N2O2. The fourth-order valence-electron chi connectivity index (χ4n) is 3.15. The van der Waals surface area contributed by atoms with Crippen LogP contribution in [0.1, 0.15) is 49.9 Å². The van der Waals surface area contributed by atoms with Gasteiger partial charge in [0.05, 0.1) is 0 Å². The molecule has 2 rings (SSSR count). The minimum Gasteiger partial charge on any atom is -0.396 e. The lowest BCUT2D eigenvalue weighted by atomic mass is 9.97. The average molecular weight is 318 g/mol. The fraction of sp³-hybridized carbons (Fsp3) is 0.632. The molecule has 1 fully saturated rings. The molecule has 0 radical (unpaired) electrons. The molecule has 0 bridgehead atoms. The van der Waals surface area contributed by atoms with Crippen LogP contribution in [0.3, 0.4) is 0 Å². The molecule has 4 nitrogen and oxygen atoms in total. The number of hydrogen-bond acceptors (Lipinski definition) is 3. The van der Waals surface area contributed by atoms with E-state index in [0.717, 1.165) is 43.7 Å². The molecule has 1 aromatic carbocycles. The van der Waals surface area contributed by atoms with Crippen molar-refractivity contribution in [2.24, 2.45) is 11.8 Å². The molecule has 1 aliphatic heterocycles. The van der Waals surface area contributed by atoms with Gasteiger partial charge in [-0.25, -0.2) is 0 Å². The second kappa shape index (κ2) is 8.92. The molecule has 128 valence electrons. The Morgan fingerprint density at radius 1 is 1.39 bits per heavy atom. The zero-order valence-corrected chi connectivity index (χ0v) is 14.4. The van der Waals surface area contributed by atoms with Crippen molar-refractivity contribution in [1.82, 2.24) is 4.90 Å². The number of amides is 1. The number of carbonyl (C=O) groups excluding carboxylic acids is 1. The number of carbonyl (C=O) groups is 1. The van der Waals surface area contributed by atoms with Crippen molar-refractivity contribution in [2.45, 2.75) is 39.5 Å². The van der Waals surface area contributed by atoms with Gasteiger partial charge in [-0.1, -0.05) is 26.3 Å². The molecule has 4 heteroatoms. The maximum absolute atomic E-state index is 12.6. The number of aliphatic hydroxyl groups is 1. The van der Waals surface area contributed by atoms with E-state index in [1.54, 1.807) is 0 Å². The maximum atomic E-state index is 12.6. The predicted molar refractivity (Wildman–Crippen MR) is 94.7 cm³/mol. The third-order valence-electron chi connectivity index (χ3n) is 4.71. The molecule has 1 heterocycles. The van der Waals surface area contributed by atoms with Gasteiger partial charge < -0.3 is 15.3 Å². The van der Waals surface area contributed by atoms with Crippen LogP contribution in [0.4, 0.5) is 5.69 Å². The van der Waals surface area contributed by atoms with Gasteiger partial charge in [0.1, 0.15) is 0 Å². The van der Waals surface area contributed by atoms with Crippen LogP contribution in [0.25, 0.3) is 0 Å². The maximum Gasteiger partial charge on any atom is 0.253 e. The van der Waals surface area contributed by atoms with Gasteiger partial charge in [0.2, 0.25) is 0 Å². The summed E-state index contributed by atoms with van der Waals surface area (Å²) in [5.74, 6) is 1.09. The summed E-state index contributed by atoms with van der Waals surface area (Å²) < 4.78 is 0. The lowest BCUT2D eigenvalue weighted by Crippen LogP contribution is -2.39. The van der Waals surface area contributed by atoms with Crippen LogP contribution in [-0.4, -0.2) is 42.2 Å². The quantitative estimate of drug-likeness (QED) is 0.810. The lowest BCUT2D eigenvalue weighted by Gasteiger charge is -2.31. The minimum absolute atomic E-state index is 0.103. The summed E-state index contributed by atoms with van der Waals surface area (Å²) >= 11 is 0. The number of aliphatic hydroxyl groups excluding tert-OH is 1. The lowest BCUT2D eigenvalue weighted by molar-refractivity contribution is 0.0651. The average Bonchev–Trinajstić information content (AvgIpc) is 2.60. The predicted octanol–water partition coefficient (Wildman–Crippen LogP) is 3.38. The third kappa shape index (κ3) is 5.24. The number of likely N-dealkylation sites (tertiary alicyclic amines) is 1. The molecule has 0 spiro atoms. The Morgan fingerprint density at radius 3 is 2.78 bits per heavy atom. The zero-order chi connectivity index (χ0) is 16.7. The van der Waals surface area contributed by atoms with Crippen molar-refractivity contribution in [1.29, 1.82) is 0 Å². The smallest absolute Gasteiger partial charge is 0.253 e. The summed E-state index contributed by atoms with van der Waals surface area (Å²) in [6.07, 6.45) is 4.21. The van der Waals surface area contributed by atoms with Gasteiger partial charge in [-0.05, 0) is 49.3 Å². The summed E-state index contributed by atoms with van der Waals surface area (Å²) in [5.41, 5.74) is 1.77. The monoisotopic (exact) mass is 318 g/mol. The van der Waals surface area contributed by atoms with Gasteiger partial charge >= 0.3 is 0 Å². The van der Waals surface area contributed by atoms with Crippen molar-refractivity contribution in [3.05, 3.63) is 29.8 Å². The van der Waals surface area contributed by atoms with E-state index in [4.69, 9.17) is 0 Å². The topological polar surface area (TPSA) is 52.6 Å². The molecule has 1 aliphatic rings. The van der Waals surface area contributed by atoms with Crippen LogP contribution in [0.2, 0.25) is 0 Å². The Morgan fingerprint density at radius 2 is 2.13 bits per heavy atom.